The quantitative estimate of drug-likeness (QED) is 0.443. The van der Waals surface area contributed by atoms with E-state index in [0.29, 0.717) is 0 Å². The molecule has 1 saturated heterocycles. The molecular formula is C15H27BrN4S2+2. The van der Waals surface area contributed by atoms with Crippen molar-refractivity contribution in [2.75, 3.05) is 53.4 Å². The Morgan fingerprint density at radius 2 is 2.14 bits per heavy atom. The van der Waals surface area contributed by atoms with E-state index in [1.807, 2.05) is 11.3 Å². The van der Waals surface area contributed by atoms with Gasteiger partial charge in [0.15, 0.2) is 5.11 Å². The summed E-state index contributed by atoms with van der Waals surface area (Å²) in [5, 5.41) is 4.34. The summed E-state index contributed by atoms with van der Waals surface area (Å²) in [7, 11) is 4.37. The molecule has 2 heterocycles. The maximum Gasteiger partial charge on any atom is 0.169 e. The summed E-state index contributed by atoms with van der Waals surface area (Å²) < 4.78 is 1.23. The van der Waals surface area contributed by atoms with Crippen LogP contribution in [0.5, 0.6) is 0 Å². The van der Waals surface area contributed by atoms with Crippen molar-refractivity contribution in [3.8, 4) is 0 Å². The van der Waals surface area contributed by atoms with E-state index in [-0.39, 0.29) is 0 Å². The minimum Gasteiger partial charge on any atom is -0.362 e. The Hall–Kier alpha value is -0.210. The van der Waals surface area contributed by atoms with E-state index in [4.69, 9.17) is 12.2 Å². The van der Waals surface area contributed by atoms with Gasteiger partial charge in [0.2, 0.25) is 0 Å². The molecule has 1 aliphatic heterocycles. The highest BCUT2D eigenvalue weighted by Gasteiger charge is 2.22. The number of halogens is 1. The van der Waals surface area contributed by atoms with Crippen LogP contribution < -0.4 is 15.1 Å². The number of thiocarbonyl (C=S) groups is 1. The lowest BCUT2D eigenvalue weighted by Crippen LogP contribution is -3.13. The lowest BCUT2D eigenvalue weighted by atomic mass is 10.3. The summed E-state index contributed by atoms with van der Waals surface area (Å²) in [6.45, 7) is 7.76. The predicted molar refractivity (Wildman–Crippen MR) is 101 cm³/mol. The van der Waals surface area contributed by atoms with Crippen LogP contribution in [0.4, 0.5) is 0 Å². The van der Waals surface area contributed by atoms with Gasteiger partial charge in [-0.15, -0.1) is 11.3 Å². The second-order valence-electron chi connectivity index (χ2n) is 6.16. The molecule has 0 unspecified atom stereocenters. The fraction of sp³-hybridized carbons (Fsp3) is 0.667. The first-order chi connectivity index (χ1) is 10.5. The average molecular weight is 407 g/mol. The number of quaternary nitrogens is 2. The molecule has 1 aromatic heterocycles. The van der Waals surface area contributed by atoms with Crippen molar-refractivity contribution in [1.29, 1.82) is 0 Å². The van der Waals surface area contributed by atoms with Crippen molar-refractivity contribution in [2.24, 2.45) is 0 Å². The Kier molecular flexibility index (Phi) is 7.56. The van der Waals surface area contributed by atoms with Gasteiger partial charge in [-0.05, 0) is 40.3 Å². The Morgan fingerprint density at radius 3 is 2.73 bits per heavy atom. The number of piperazine rings is 1. The van der Waals surface area contributed by atoms with E-state index in [2.05, 4.69) is 52.4 Å². The Bertz CT molecular complexity index is 470. The number of rotatable bonds is 6. The maximum absolute atomic E-state index is 5.52. The Labute approximate surface area is 151 Å². The molecule has 124 valence electrons. The number of nitrogens with zero attached hydrogens (tertiary/aromatic N) is 1. The van der Waals surface area contributed by atoms with E-state index in [1.54, 1.807) is 4.90 Å². The van der Waals surface area contributed by atoms with Gasteiger partial charge in [0.1, 0.15) is 6.54 Å². The summed E-state index contributed by atoms with van der Waals surface area (Å²) in [4.78, 5) is 6.93. The fourth-order valence-electron chi connectivity index (χ4n) is 2.65. The molecule has 0 aliphatic carbocycles. The lowest BCUT2D eigenvalue weighted by molar-refractivity contribution is -0.917. The SMILES string of the molecule is C[NH+](C)CCCNC(=S)N1CC[NH+](Cc2ccc(Br)s2)CC1. The van der Waals surface area contributed by atoms with Crippen LogP contribution in [-0.4, -0.2) is 63.4 Å². The molecule has 0 saturated carbocycles. The van der Waals surface area contributed by atoms with Crippen molar-refractivity contribution in [2.45, 2.75) is 13.0 Å². The molecule has 1 aromatic rings. The van der Waals surface area contributed by atoms with Gasteiger partial charge < -0.3 is 20.0 Å². The van der Waals surface area contributed by atoms with E-state index in [9.17, 15) is 0 Å². The third kappa shape index (κ3) is 6.12. The molecule has 0 bridgehead atoms. The summed E-state index contributed by atoms with van der Waals surface area (Å²) in [5.41, 5.74) is 0. The predicted octanol–water partition coefficient (Wildman–Crippen LogP) is -0.380. The van der Waals surface area contributed by atoms with Crippen molar-refractivity contribution < 1.29 is 9.80 Å². The van der Waals surface area contributed by atoms with Gasteiger partial charge in [0.25, 0.3) is 0 Å². The van der Waals surface area contributed by atoms with Gasteiger partial charge in [0, 0.05) is 13.0 Å². The summed E-state index contributed by atoms with van der Waals surface area (Å²) in [6.07, 6.45) is 1.17. The molecule has 7 heteroatoms. The van der Waals surface area contributed by atoms with Gasteiger partial charge in [0.05, 0.1) is 55.5 Å². The molecule has 3 N–H and O–H groups in total. The molecule has 0 amide bonds. The topological polar surface area (TPSA) is 24.2 Å². The fourth-order valence-corrected chi connectivity index (χ4v) is 4.48. The van der Waals surface area contributed by atoms with Crippen molar-refractivity contribution >= 4 is 44.6 Å². The standard InChI is InChI=1S/C15H25BrN4S2/c1-18(2)7-3-6-17-15(21)20-10-8-19(9-11-20)12-13-4-5-14(16)22-13/h4-5H,3,6-12H2,1-2H3,(H,17,21)/p+2. The molecule has 22 heavy (non-hydrogen) atoms. The van der Waals surface area contributed by atoms with Crippen LogP contribution in [0.1, 0.15) is 11.3 Å². The van der Waals surface area contributed by atoms with Crippen LogP contribution in [0.25, 0.3) is 0 Å². The van der Waals surface area contributed by atoms with Crippen LogP contribution in [0.15, 0.2) is 15.9 Å². The monoisotopic (exact) mass is 406 g/mol. The van der Waals surface area contributed by atoms with Crippen molar-refractivity contribution in [3.63, 3.8) is 0 Å². The molecule has 0 radical (unpaired) electrons. The van der Waals surface area contributed by atoms with Crippen molar-refractivity contribution in [3.05, 3.63) is 20.8 Å². The highest BCUT2D eigenvalue weighted by atomic mass is 79.9. The van der Waals surface area contributed by atoms with Crippen LogP contribution in [0.2, 0.25) is 0 Å². The average Bonchev–Trinajstić information content (AvgIpc) is 2.89. The summed E-state index contributed by atoms with van der Waals surface area (Å²) >= 11 is 10.9. The zero-order chi connectivity index (χ0) is 15.9. The molecule has 2 rings (SSSR count). The molecule has 0 spiro atoms. The van der Waals surface area contributed by atoms with Gasteiger partial charge in [-0.1, -0.05) is 0 Å². The third-order valence-corrected chi connectivity index (χ3v) is 5.97. The summed E-state index contributed by atoms with van der Waals surface area (Å²) in [6, 6.07) is 4.37. The Morgan fingerprint density at radius 1 is 1.41 bits per heavy atom. The Balaban J connectivity index is 1.64. The minimum absolute atomic E-state index is 0.937. The molecule has 4 nitrogen and oxygen atoms in total. The van der Waals surface area contributed by atoms with E-state index in [0.717, 1.165) is 31.3 Å². The van der Waals surface area contributed by atoms with E-state index >= 15 is 0 Å². The maximum atomic E-state index is 5.52. The number of hydrogen-bond donors (Lipinski definition) is 3. The molecule has 1 aliphatic rings. The van der Waals surface area contributed by atoms with Gasteiger partial charge in [-0.2, -0.15) is 0 Å². The number of thiophene rings is 1. The first-order valence-corrected chi connectivity index (χ1v) is 9.96. The van der Waals surface area contributed by atoms with Gasteiger partial charge in [-0.25, -0.2) is 0 Å². The van der Waals surface area contributed by atoms with Crippen LogP contribution >= 0.6 is 39.5 Å². The molecular weight excluding hydrogens is 380 g/mol. The second kappa shape index (κ2) is 9.17. The van der Waals surface area contributed by atoms with E-state index < -0.39 is 0 Å². The van der Waals surface area contributed by atoms with Crippen molar-refractivity contribution in [1.82, 2.24) is 10.2 Å². The first kappa shape index (κ1) is 18.1. The first-order valence-electron chi connectivity index (χ1n) is 7.94. The highest BCUT2D eigenvalue weighted by Crippen LogP contribution is 2.21. The van der Waals surface area contributed by atoms with Gasteiger partial charge >= 0.3 is 0 Å². The molecule has 0 aromatic carbocycles. The van der Waals surface area contributed by atoms with Crippen LogP contribution in [-0.2, 0) is 6.54 Å². The molecule has 0 atom stereocenters. The number of nitrogens with one attached hydrogen (secondary N) is 3. The van der Waals surface area contributed by atoms with Crippen LogP contribution in [0.3, 0.4) is 0 Å². The van der Waals surface area contributed by atoms with Crippen LogP contribution in [0, 0.1) is 0 Å². The zero-order valence-corrected chi connectivity index (χ0v) is 16.7. The molecule has 1 fully saturated rings. The lowest BCUT2D eigenvalue weighted by Gasteiger charge is -2.33. The van der Waals surface area contributed by atoms with E-state index in [1.165, 1.54) is 39.6 Å². The zero-order valence-electron chi connectivity index (χ0n) is 13.5. The second-order valence-corrected chi connectivity index (χ2v) is 9.10. The highest BCUT2D eigenvalue weighted by molar-refractivity contribution is 9.11. The largest absolute Gasteiger partial charge is 0.362 e. The number of hydrogen-bond acceptors (Lipinski definition) is 2. The normalized spacial score (nSPS) is 16.3. The third-order valence-electron chi connectivity index (χ3n) is 3.94. The minimum atomic E-state index is 0.937. The summed E-state index contributed by atoms with van der Waals surface area (Å²) in [5.74, 6) is 0. The smallest absolute Gasteiger partial charge is 0.169 e. The van der Waals surface area contributed by atoms with Gasteiger partial charge in [-0.3, -0.25) is 0 Å².